The molecule has 0 saturated heterocycles. The van der Waals surface area contributed by atoms with Crippen molar-refractivity contribution >= 4 is 15.9 Å². The molecule has 0 spiro atoms. The maximum absolute atomic E-state index is 12.2. The Hall–Kier alpha value is -1.61. The molecule has 0 aliphatic carbocycles. The lowest BCUT2D eigenvalue weighted by molar-refractivity contribution is 0.316. The van der Waals surface area contributed by atoms with Gasteiger partial charge in [0.1, 0.15) is 4.90 Å². The predicted octanol–water partition coefficient (Wildman–Crippen LogP) is -0.550. The van der Waals surface area contributed by atoms with Crippen molar-refractivity contribution in [1.82, 2.24) is 14.5 Å². The Balaban J connectivity index is 3.15. The summed E-state index contributed by atoms with van der Waals surface area (Å²) in [5.41, 5.74) is 6.25. The largest absolute Gasteiger partial charge is 0.409 e. The fraction of sp³-hybridized carbons (Fsp3) is 0.556. The van der Waals surface area contributed by atoms with E-state index in [0.29, 0.717) is 11.4 Å². The van der Waals surface area contributed by atoms with E-state index in [1.54, 1.807) is 20.9 Å². The Morgan fingerprint density at radius 3 is 2.50 bits per heavy atom. The first-order valence-electron chi connectivity index (χ1n) is 5.20. The van der Waals surface area contributed by atoms with Crippen molar-refractivity contribution < 1.29 is 13.6 Å². The second-order valence-corrected chi connectivity index (χ2v) is 5.64. The average Bonchev–Trinajstić information content (AvgIpc) is 2.51. The van der Waals surface area contributed by atoms with Crippen molar-refractivity contribution in [2.45, 2.75) is 31.7 Å². The fourth-order valence-electron chi connectivity index (χ4n) is 1.58. The summed E-state index contributed by atoms with van der Waals surface area (Å²) in [6.45, 7) is 4.74. The van der Waals surface area contributed by atoms with E-state index in [0.717, 1.165) is 0 Å². The highest BCUT2D eigenvalue weighted by molar-refractivity contribution is 7.89. The van der Waals surface area contributed by atoms with Crippen molar-refractivity contribution in [3.63, 3.8) is 0 Å². The van der Waals surface area contributed by atoms with Crippen LogP contribution in [0.4, 0.5) is 0 Å². The van der Waals surface area contributed by atoms with Crippen molar-refractivity contribution in [3.8, 4) is 0 Å². The maximum atomic E-state index is 12.2. The van der Waals surface area contributed by atoms with E-state index in [1.165, 1.54) is 11.6 Å². The summed E-state index contributed by atoms with van der Waals surface area (Å²) in [4.78, 5) is 0.114. The minimum Gasteiger partial charge on any atom is -0.409 e. The normalized spacial score (nSPS) is 14.8. The van der Waals surface area contributed by atoms with Crippen LogP contribution in [0.5, 0.6) is 0 Å². The SMILES string of the molecule is Cc1nn(C)c(C)c1S(=O)(=O)NC(C)/C(N)=N/O. The van der Waals surface area contributed by atoms with Gasteiger partial charge in [-0.25, -0.2) is 13.1 Å². The van der Waals surface area contributed by atoms with Gasteiger partial charge in [-0.3, -0.25) is 4.68 Å². The van der Waals surface area contributed by atoms with Crippen molar-refractivity contribution in [2.24, 2.45) is 17.9 Å². The molecule has 0 aliphatic rings. The van der Waals surface area contributed by atoms with Gasteiger partial charge in [-0.15, -0.1) is 0 Å². The predicted molar refractivity (Wildman–Crippen MR) is 65.9 cm³/mol. The molecule has 1 rings (SSSR count). The quantitative estimate of drug-likeness (QED) is 0.294. The summed E-state index contributed by atoms with van der Waals surface area (Å²) in [6, 6.07) is -0.806. The third-order valence-corrected chi connectivity index (χ3v) is 4.39. The van der Waals surface area contributed by atoms with E-state index in [-0.39, 0.29) is 10.7 Å². The number of sulfonamides is 1. The number of nitrogens with zero attached hydrogens (tertiary/aromatic N) is 3. The van der Waals surface area contributed by atoms with E-state index in [4.69, 9.17) is 10.9 Å². The van der Waals surface area contributed by atoms with Gasteiger partial charge in [0, 0.05) is 7.05 Å². The van der Waals surface area contributed by atoms with E-state index >= 15 is 0 Å². The van der Waals surface area contributed by atoms with E-state index in [9.17, 15) is 8.42 Å². The maximum Gasteiger partial charge on any atom is 0.244 e. The first kappa shape index (κ1) is 14.5. The molecule has 0 saturated carbocycles. The highest BCUT2D eigenvalue weighted by atomic mass is 32.2. The molecule has 18 heavy (non-hydrogen) atoms. The monoisotopic (exact) mass is 275 g/mol. The second-order valence-electron chi connectivity index (χ2n) is 3.99. The molecule has 4 N–H and O–H groups in total. The van der Waals surface area contributed by atoms with Gasteiger partial charge in [-0.05, 0) is 20.8 Å². The van der Waals surface area contributed by atoms with Gasteiger partial charge < -0.3 is 10.9 Å². The summed E-state index contributed by atoms with van der Waals surface area (Å²) in [7, 11) is -2.10. The van der Waals surface area contributed by atoms with Gasteiger partial charge in [-0.1, -0.05) is 5.16 Å². The molecule has 0 aliphatic heterocycles. The van der Waals surface area contributed by atoms with Gasteiger partial charge in [0.2, 0.25) is 10.0 Å². The number of hydrogen-bond acceptors (Lipinski definition) is 5. The lowest BCUT2D eigenvalue weighted by atomic mass is 10.3. The number of nitrogens with one attached hydrogen (secondary N) is 1. The Labute approximate surface area is 106 Å². The molecule has 1 aromatic heterocycles. The molecule has 8 nitrogen and oxygen atoms in total. The van der Waals surface area contributed by atoms with Crippen LogP contribution < -0.4 is 10.5 Å². The Morgan fingerprint density at radius 1 is 1.56 bits per heavy atom. The average molecular weight is 275 g/mol. The van der Waals surface area contributed by atoms with Gasteiger partial charge in [-0.2, -0.15) is 5.10 Å². The van der Waals surface area contributed by atoms with Crippen LogP contribution in [-0.4, -0.2) is 35.3 Å². The van der Waals surface area contributed by atoms with Gasteiger partial charge in [0.25, 0.3) is 0 Å². The minimum atomic E-state index is -3.76. The number of nitrogens with two attached hydrogens (primary N) is 1. The van der Waals surface area contributed by atoms with Crippen LogP contribution in [0.15, 0.2) is 10.1 Å². The van der Waals surface area contributed by atoms with E-state index in [1.807, 2.05) is 0 Å². The third kappa shape index (κ3) is 2.62. The zero-order valence-corrected chi connectivity index (χ0v) is 11.5. The van der Waals surface area contributed by atoms with Crippen LogP contribution in [0, 0.1) is 13.8 Å². The number of aromatic nitrogens is 2. The number of oxime groups is 1. The van der Waals surface area contributed by atoms with E-state index in [2.05, 4.69) is 15.0 Å². The number of amidine groups is 1. The van der Waals surface area contributed by atoms with Crippen LogP contribution in [0.3, 0.4) is 0 Å². The van der Waals surface area contributed by atoms with Crippen molar-refractivity contribution in [1.29, 1.82) is 0 Å². The van der Waals surface area contributed by atoms with Crippen molar-refractivity contribution in [3.05, 3.63) is 11.4 Å². The topological polar surface area (TPSA) is 123 Å². The summed E-state index contributed by atoms with van der Waals surface area (Å²) in [5.74, 6) is -0.210. The Morgan fingerprint density at radius 2 is 2.11 bits per heavy atom. The first-order chi connectivity index (χ1) is 8.20. The van der Waals surface area contributed by atoms with Gasteiger partial charge in [0.15, 0.2) is 5.84 Å². The highest BCUT2D eigenvalue weighted by Crippen LogP contribution is 2.18. The van der Waals surface area contributed by atoms with Crippen LogP contribution in [0.25, 0.3) is 0 Å². The minimum absolute atomic E-state index is 0.114. The van der Waals surface area contributed by atoms with Crippen LogP contribution in [0.2, 0.25) is 0 Å². The summed E-state index contributed by atoms with van der Waals surface area (Å²) in [6.07, 6.45) is 0. The van der Waals surface area contributed by atoms with Crippen LogP contribution in [-0.2, 0) is 17.1 Å². The molecular formula is C9H17N5O3S. The summed E-state index contributed by atoms with van der Waals surface area (Å²) in [5, 5.41) is 15.3. The Kier molecular flexibility index (Phi) is 3.97. The standard InChI is InChI=1S/C9H17N5O3S/c1-5-8(7(3)14(4)11-5)18(16,17)13-6(2)9(10)12-15/h6,13,15H,1-4H3,(H2,10,12). The van der Waals surface area contributed by atoms with Crippen LogP contribution >= 0.6 is 0 Å². The lowest BCUT2D eigenvalue weighted by Gasteiger charge is -2.12. The molecule has 0 fully saturated rings. The lowest BCUT2D eigenvalue weighted by Crippen LogP contribution is -2.42. The number of hydrogen-bond donors (Lipinski definition) is 3. The molecular weight excluding hydrogens is 258 g/mol. The molecule has 9 heteroatoms. The molecule has 1 unspecified atom stereocenters. The van der Waals surface area contributed by atoms with Crippen molar-refractivity contribution in [2.75, 3.05) is 0 Å². The molecule has 1 atom stereocenters. The van der Waals surface area contributed by atoms with Gasteiger partial charge in [0.05, 0.1) is 17.4 Å². The molecule has 0 radical (unpaired) electrons. The number of rotatable bonds is 4. The molecule has 1 aromatic rings. The molecule has 102 valence electrons. The highest BCUT2D eigenvalue weighted by Gasteiger charge is 2.26. The Bertz CT molecular complexity index is 575. The molecule has 0 bridgehead atoms. The summed E-state index contributed by atoms with van der Waals surface area (Å²) >= 11 is 0. The molecule has 1 heterocycles. The van der Waals surface area contributed by atoms with Gasteiger partial charge >= 0.3 is 0 Å². The molecule has 0 aromatic carbocycles. The molecule has 0 amide bonds. The fourth-order valence-corrected chi connectivity index (χ4v) is 3.24. The zero-order chi connectivity index (χ0) is 14.1. The summed E-state index contributed by atoms with van der Waals surface area (Å²) < 4.78 is 28.1. The first-order valence-corrected chi connectivity index (χ1v) is 6.69. The van der Waals surface area contributed by atoms with E-state index < -0.39 is 16.1 Å². The second kappa shape index (κ2) is 4.94. The zero-order valence-electron chi connectivity index (χ0n) is 10.7. The third-order valence-electron chi connectivity index (χ3n) is 2.60. The number of aryl methyl sites for hydroxylation is 2. The smallest absolute Gasteiger partial charge is 0.244 e. The van der Waals surface area contributed by atoms with Crippen LogP contribution in [0.1, 0.15) is 18.3 Å².